The molecule has 1 N–H and O–H groups in total. The van der Waals surface area contributed by atoms with Crippen molar-refractivity contribution in [3.05, 3.63) is 59.1 Å². The van der Waals surface area contributed by atoms with Crippen molar-refractivity contribution in [3.63, 3.8) is 0 Å². The van der Waals surface area contributed by atoms with E-state index >= 15 is 0 Å². The minimum Gasteiger partial charge on any atom is -0.324 e. The lowest BCUT2D eigenvalue weighted by Crippen LogP contribution is -2.43. The van der Waals surface area contributed by atoms with Gasteiger partial charge in [-0.05, 0) is 56.5 Å². The van der Waals surface area contributed by atoms with Crippen molar-refractivity contribution in [2.24, 2.45) is 5.41 Å². The molecule has 0 atom stereocenters. The van der Waals surface area contributed by atoms with Gasteiger partial charge < -0.3 is 10.2 Å². The van der Waals surface area contributed by atoms with Crippen LogP contribution in [0.2, 0.25) is 5.02 Å². The average molecular weight is 357 g/mol. The zero-order valence-corrected chi connectivity index (χ0v) is 15.1. The Morgan fingerprint density at radius 3 is 2.48 bits per heavy atom. The summed E-state index contributed by atoms with van der Waals surface area (Å²) in [4.78, 5) is 27.6. The molecule has 3 rings (SSSR count). The molecule has 0 spiro atoms. The molecule has 4 nitrogen and oxygen atoms in total. The molecule has 0 saturated heterocycles. The molecule has 0 aliphatic heterocycles. The van der Waals surface area contributed by atoms with Crippen molar-refractivity contribution in [1.82, 2.24) is 0 Å². The molecule has 0 aromatic heterocycles. The maximum Gasteiger partial charge on any atom is 0.242 e. The molecule has 0 bridgehead atoms. The fraction of sp³-hybridized carbons (Fsp3) is 0.300. The maximum absolute atomic E-state index is 13.1. The van der Waals surface area contributed by atoms with Crippen molar-refractivity contribution in [3.8, 4) is 0 Å². The van der Waals surface area contributed by atoms with Gasteiger partial charge in [-0.3, -0.25) is 9.59 Å². The van der Waals surface area contributed by atoms with Gasteiger partial charge >= 0.3 is 0 Å². The quantitative estimate of drug-likeness (QED) is 0.806. The van der Waals surface area contributed by atoms with Crippen LogP contribution >= 0.6 is 11.6 Å². The molecule has 5 heteroatoms. The van der Waals surface area contributed by atoms with Gasteiger partial charge in [0.25, 0.3) is 0 Å². The number of hydrogen-bond acceptors (Lipinski definition) is 2. The molecule has 2 aromatic rings. The molecule has 2 aromatic carbocycles. The Hall–Kier alpha value is -2.33. The highest BCUT2D eigenvalue weighted by molar-refractivity contribution is 6.34. The van der Waals surface area contributed by atoms with Crippen LogP contribution in [0.25, 0.3) is 0 Å². The largest absolute Gasteiger partial charge is 0.324 e. The summed E-state index contributed by atoms with van der Waals surface area (Å²) < 4.78 is 0. The molecule has 1 saturated carbocycles. The number of amides is 2. The van der Waals surface area contributed by atoms with Crippen LogP contribution in [0.4, 0.5) is 11.4 Å². The van der Waals surface area contributed by atoms with Crippen molar-refractivity contribution in [2.45, 2.75) is 26.7 Å². The van der Waals surface area contributed by atoms with Crippen LogP contribution in [0.5, 0.6) is 0 Å². The summed E-state index contributed by atoms with van der Waals surface area (Å²) in [5, 5.41) is 3.28. The fourth-order valence-electron chi connectivity index (χ4n) is 2.97. The van der Waals surface area contributed by atoms with Crippen LogP contribution in [-0.2, 0) is 9.59 Å². The van der Waals surface area contributed by atoms with Gasteiger partial charge in [-0.25, -0.2) is 0 Å². The van der Waals surface area contributed by atoms with E-state index in [4.69, 9.17) is 11.6 Å². The number of nitrogens with one attached hydrogen (secondary N) is 1. The first kappa shape index (κ1) is 17.5. The van der Waals surface area contributed by atoms with Crippen LogP contribution in [0.3, 0.4) is 0 Å². The third-order valence-electron chi connectivity index (χ3n) is 4.59. The number of nitrogens with zero attached hydrogens (tertiary/aromatic N) is 1. The number of carbonyl (C=O) groups excluding carboxylic acids is 2. The highest BCUT2D eigenvalue weighted by atomic mass is 35.5. The second-order valence-corrected chi connectivity index (χ2v) is 6.81. The van der Waals surface area contributed by atoms with Crippen LogP contribution in [-0.4, -0.2) is 18.4 Å². The van der Waals surface area contributed by atoms with E-state index in [9.17, 15) is 9.59 Å². The van der Waals surface area contributed by atoms with Crippen LogP contribution in [0, 0.1) is 12.3 Å². The van der Waals surface area contributed by atoms with E-state index in [-0.39, 0.29) is 11.8 Å². The summed E-state index contributed by atoms with van der Waals surface area (Å²) in [5.74, 6) is -0.429. The smallest absolute Gasteiger partial charge is 0.242 e. The normalized spacial score (nSPS) is 14.7. The molecule has 2 amide bonds. The zero-order valence-electron chi connectivity index (χ0n) is 14.4. The van der Waals surface area contributed by atoms with E-state index in [0.29, 0.717) is 30.1 Å². The molecule has 0 radical (unpaired) electrons. The molecule has 1 fully saturated rings. The van der Waals surface area contributed by atoms with Crippen LogP contribution < -0.4 is 10.2 Å². The molecule has 130 valence electrons. The van der Waals surface area contributed by atoms with Gasteiger partial charge in [-0.2, -0.15) is 0 Å². The van der Waals surface area contributed by atoms with Crippen molar-refractivity contribution in [1.29, 1.82) is 0 Å². The number of aryl methyl sites for hydroxylation is 1. The monoisotopic (exact) mass is 356 g/mol. The molecule has 1 aliphatic rings. The number of anilines is 2. The molecule has 1 aliphatic carbocycles. The fourth-order valence-corrected chi connectivity index (χ4v) is 3.15. The summed E-state index contributed by atoms with van der Waals surface area (Å²) in [6.45, 7) is 4.42. The lowest BCUT2D eigenvalue weighted by Gasteiger charge is -2.26. The number of carbonyl (C=O) groups is 2. The topological polar surface area (TPSA) is 49.4 Å². The first-order valence-electron chi connectivity index (χ1n) is 8.42. The highest BCUT2D eigenvalue weighted by Gasteiger charge is 2.58. The van der Waals surface area contributed by atoms with Gasteiger partial charge in [-0.1, -0.05) is 35.9 Å². The highest BCUT2D eigenvalue weighted by Crippen LogP contribution is 2.49. The SMILES string of the molecule is CCN(C(=O)C1(C(=O)Nc2ccccc2Cl)CC1)c1cccc(C)c1. The van der Waals surface area contributed by atoms with E-state index in [1.807, 2.05) is 38.1 Å². The van der Waals surface area contributed by atoms with Crippen molar-refractivity contribution < 1.29 is 9.59 Å². The molecule has 0 heterocycles. The standard InChI is InChI=1S/C20H21ClN2O2/c1-3-23(15-8-6-7-14(2)13-15)19(25)20(11-12-20)18(24)22-17-10-5-4-9-16(17)21/h4-10,13H,3,11-12H2,1-2H3,(H,22,24). The van der Waals surface area contributed by atoms with Crippen molar-refractivity contribution in [2.75, 3.05) is 16.8 Å². The number of para-hydroxylation sites is 1. The Bertz CT molecular complexity index is 815. The number of benzene rings is 2. The van der Waals surface area contributed by atoms with Gasteiger partial charge in [-0.15, -0.1) is 0 Å². The van der Waals surface area contributed by atoms with Crippen LogP contribution in [0.1, 0.15) is 25.3 Å². The molecular weight excluding hydrogens is 336 g/mol. The zero-order chi connectivity index (χ0) is 18.0. The first-order valence-corrected chi connectivity index (χ1v) is 8.80. The predicted molar refractivity (Wildman–Crippen MR) is 101 cm³/mol. The summed E-state index contributed by atoms with van der Waals surface area (Å²) in [7, 11) is 0. The third-order valence-corrected chi connectivity index (χ3v) is 4.92. The van der Waals surface area contributed by atoms with Gasteiger partial charge in [0.2, 0.25) is 11.8 Å². The van der Waals surface area contributed by atoms with Gasteiger partial charge in [0.1, 0.15) is 5.41 Å². The van der Waals surface area contributed by atoms with E-state index in [1.165, 1.54) is 0 Å². The minimum atomic E-state index is -0.987. The summed E-state index contributed by atoms with van der Waals surface area (Å²) in [6.07, 6.45) is 1.12. The lowest BCUT2D eigenvalue weighted by atomic mass is 10.0. The Labute approximate surface area is 152 Å². The Kier molecular flexibility index (Phi) is 4.82. The molecular formula is C20H21ClN2O2. The Balaban J connectivity index is 1.82. The van der Waals surface area contributed by atoms with E-state index in [2.05, 4.69) is 5.32 Å². The van der Waals surface area contributed by atoms with Crippen molar-refractivity contribution >= 4 is 34.8 Å². The van der Waals surface area contributed by atoms with Gasteiger partial charge in [0.05, 0.1) is 10.7 Å². The lowest BCUT2D eigenvalue weighted by molar-refractivity contribution is -0.132. The Morgan fingerprint density at radius 2 is 1.88 bits per heavy atom. The van der Waals surface area contributed by atoms with E-state index in [1.54, 1.807) is 29.2 Å². The average Bonchev–Trinajstić information content (AvgIpc) is 3.39. The van der Waals surface area contributed by atoms with Gasteiger partial charge in [0, 0.05) is 12.2 Å². The third kappa shape index (κ3) is 3.40. The molecule has 0 unspecified atom stereocenters. The number of rotatable bonds is 5. The van der Waals surface area contributed by atoms with E-state index in [0.717, 1.165) is 11.3 Å². The Morgan fingerprint density at radius 1 is 1.16 bits per heavy atom. The second-order valence-electron chi connectivity index (χ2n) is 6.40. The number of hydrogen-bond donors (Lipinski definition) is 1. The second kappa shape index (κ2) is 6.89. The molecule has 25 heavy (non-hydrogen) atoms. The maximum atomic E-state index is 13.1. The summed E-state index contributed by atoms with van der Waals surface area (Å²) in [5.41, 5.74) is 1.45. The number of halogens is 1. The predicted octanol–water partition coefficient (Wildman–Crippen LogP) is 4.42. The summed E-state index contributed by atoms with van der Waals surface area (Å²) in [6, 6.07) is 14.8. The van der Waals surface area contributed by atoms with Gasteiger partial charge in [0.15, 0.2) is 0 Å². The van der Waals surface area contributed by atoms with E-state index < -0.39 is 5.41 Å². The van der Waals surface area contributed by atoms with Crippen LogP contribution in [0.15, 0.2) is 48.5 Å². The first-order chi connectivity index (χ1) is 12.0. The summed E-state index contributed by atoms with van der Waals surface area (Å²) >= 11 is 6.11. The minimum absolute atomic E-state index is 0.148.